The number of carboxylic acid groups (broad SMARTS) is 1. The van der Waals surface area contributed by atoms with Gasteiger partial charge in [-0.3, -0.25) is 4.79 Å². The molecule has 0 radical (unpaired) electrons. The third-order valence-corrected chi connectivity index (χ3v) is 3.08. The van der Waals surface area contributed by atoms with Gasteiger partial charge in [0, 0.05) is 13.0 Å². The van der Waals surface area contributed by atoms with Gasteiger partial charge in [-0.25, -0.2) is 4.79 Å². The molecule has 1 amide bonds. The molecule has 1 aromatic rings. The van der Waals surface area contributed by atoms with E-state index < -0.39 is 5.97 Å². The average Bonchev–Trinajstić information content (AvgIpc) is 2.28. The summed E-state index contributed by atoms with van der Waals surface area (Å²) in [6.45, 7) is 2.37. The maximum atomic E-state index is 11.8. The van der Waals surface area contributed by atoms with Gasteiger partial charge in [0.25, 0.3) is 0 Å². The number of aryl methyl sites for hydroxylation is 1. The Labute approximate surface area is 99.9 Å². The minimum Gasteiger partial charge on any atom is -0.478 e. The maximum Gasteiger partial charge on any atom is 0.338 e. The fourth-order valence-electron chi connectivity index (χ4n) is 2.22. The van der Waals surface area contributed by atoms with E-state index in [-0.39, 0.29) is 11.5 Å². The molecular weight excluding hydrogens is 218 g/mol. The van der Waals surface area contributed by atoms with E-state index in [9.17, 15) is 14.7 Å². The zero-order valence-electron chi connectivity index (χ0n) is 9.77. The lowest BCUT2D eigenvalue weighted by molar-refractivity contribution is -0.119. The van der Waals surface area contributed by atoms with Crippen LogP contribution in [0.25, 0.3) is 0 Å². The van der Waals surface area contributed by atoms with E-state index in [0.717, 1.165) is 12.8 Å². The maximum absolute atomic E-state index is 11.8. The van der Waals surface area contributed by atoms with Gasteiger partial charge in [-0.15, -0.1) is 0 Å². The van der Waals surface area contributed by atoms with Crippen LogP contribution in [0.3, 0.4) is 0 Å². The quantitative estimate of drug-likeness (QED) is 0.852. The van der Waals surface area contributed by atoms with Gasteiger partial charge in [-0.2, -0.15) is 0 Å². The Morgan fingerprint density at radius 1 is 1.35 bits per heavy atom. The topological polar surface area (TPSA) is 57.6 Å². The van der Waals surface area contributed by atoms with Crippen molar-refractivity contribution < 1.29 is 14.7 Å². The molecule has 4 nitrogen and oxygen atoms in total. The summed E-state index contributed by atoms with van der Waals surface area (Å²) in [4.78, 5) is 24.7. The summed E-state index contributed by atoms with van der Waals surface area (Å²) in [6.07, 6.45) is 2.33. The number of hydrogen-bond donors (Lipinski definition) is 1. The average molecular weight is 233 g/mol. The Bertz CT molecular complexity index is 468. The fourth-order valence-corrected chi connectivity index (χ4v) is 2.22. The van der Waals surface area contributed by atoms with Crippen molar-refractivity contribution in [3.05, 3.63) is 29.3 Å². The van der Waals surface area contributed by atoms with Crippen LogP contribution in [-0.4, -0.2) is 23.5 Å². The Morgan fingerprint density at radius 2 is 2.12 bits per heavy atom. The second-order valence-electron chi connectivity index (χ2n) is 4.28. The molecule has 0 aliphatic carbocycles. The molecule has 4 heteroatoms. The Kier molecular flexibility index (Phi) is 3.13. The molecule has 17 heavy (non-hydrogen) atoms. The first kappa shape index (κ1) is 11.6. The van der Waals surface area contributed by atoms with Crippen LogP contribution in [0.15, 0.2) is 18.2 Å². The Hall–Kier alpha value is -1.84. The van der Waals surface area contributed by atoms with Gasteiger partial charge in [0.15, 0.2) is 0 Å². The second-order valence-corrected chi connectivity index (χ2v) is 4.28. The van der Waals surface area contributed by atoms with E-state index >= 15 is 0 Å². The smallest absolute Gasteiger partial charge is 0.338 e. The van der Waals surface area contributed by atoms with Crippen LogP contribution in [0, 0.1) is 6.92 Å². The van der Waals surface area contributed by atoms with Crippen LogP contribution in [0.5, 0.6) is 0 Å². The van der Waals surface area contributed by atoms with Crippen LogP contribution in [0.1, 0.15) is 35.2 Å². The van der Waals surface area contributed by atoms with E-state index in [2.05, 4.69) is 0 Å². The van der Waals surface area contributed by atoms with Gasteiger partial charge in [0.1, 0.15) is 0 Å². The molecule has 1 aromatic carbocycles. The molecule has 0 unspecified atom stereocenters. The molecule has 1 heterocycles. The predicted molar refractivity (Wildman–Crippen MR) is 64.3 cm³/mol. The van der Waals surface area contributed by atoms with Crippen molar-refractivity contribution in [1.82, 2.24) is 0 Å². The van der Waals surface area contributed by atoms with Gasteiger partial charge in [-0.05, 0) is 31.4 Å². The summed E-state index contributed by atoms with van der Waals surface area (Å²) in [5.74, 6) is -0.958. The molecule has 0 bridgehead atoms. The van der Waals surface area contributed by atoms with E-state index in [0.29, 0.717) is 24.2 Å². The highest BCUT2D eigenvalue weighted by Gasteiger charge is 2.24. The lowest BCUT2D eigenvalue weighted by Crippen LogP contribution is -2.36. The van der Waals surface area contributed by atoms with Crippen molar-refractivity contribution in [2.24, 2.45) is 0 Å². The second kappa shape index (κ2) is 4.57. The molecule has 1 saturated heterocycles. The van der Waals surface area contributed by atoms with Crippen molar-refractivity contribution in [3.8, 4) is 0 Å². The molecule has 1 N–H and O–H groups in total. The fraction of sp³-hybridized carbons (Fsp3) is 0.385. The molecule has 0 atom stereocenters. The summed E-state index contributed by atoms with van der Waals surface area (Å²) in [5, 5.41) is 9.23. The van der Waals surface area contributed by atoms with Crippen LogP contribution in [0.2, 0.25) is 0 Å². The van der Waals surface area contributed by atoms with E-state index in [4.69, 9.17) is 0 Å². The number of carbonyl (C=O) groups excluding carboxylic acids is 1. The number of carbonyl (C=O) groups is 2. The highest BCUT2D eigenvalue weighted by Crippen LogP contribution is 2.27. The number of carboxylic acids is 1. The number of anilines is 1. The first-order chi connectivity index (χ1) is 8.11. The SMILES string of the molecule is Cc1cccc(N2CCCCC2=O)c1C(=O)O. The zero-order valence-corrected chi connectivity index (χ0v) is 9.77. The summed E-state index contributed by atoms with van der Waals surface area (Å²) >= 11 is 0. The first-order valence-corrected chi connectivity index (χ1v) is 5.74. The third kappa shape index (κ3) is 2.16. The number of piperidine rings is 1. The number of aromatic carboxylic acids is 1. The van der Waals surface area contributed by atoms with E-state index in [1.54, 1.807) is 30.0 Å². The summed E-state index contributed by atoms with van der Waals surface area (Å²) in [6, 6.07) is 5.25. The van der Waals surface area contributed by atoms with Crippen LogP contribution < -0.4 is 4.90 Å². The number of benzene rings is 1. The Balaban J connectivity index is 2.47. The van der Waals surface area contributed by atoms with Crippen molar-refractivity contribution in [3.63, 3.8) is 0 Å². The largest absolute Gasteiger partial charge is 0.478 e. The summed E-state index contributed by atoms with van der Waals surface area (Å²) < 4.78 is 0. The highest BCUT2D eigenvalue weighted by molar-refractivity contribution is 6.03. The lowest BCUT2D eigenvalue weighted by atomic mass is 10.0. The minimum atomic E-state index is -0.975. The predicted octanol–water partition coefficient (Wildman–Crippen LogP) is 2.21. The van der Waals surface area contributed by atoms with E-state index in [1.807, 2.05) is 0 Å². The van der Waals surface area contributed by atoms with Crippen LogP contribution in [-0.2, 0) is 4.79 Å². The molecule has 1 fully saturated rings. The first-order valence-electron chi connectivity index (χ1n) is 5.74. The van der Waals surface area contributed by atoms with Crippen LogP contribution in [0.4, 0.5) is 5.69 Å². The highest BCUT2D eigenvalue weighted by atomic mass is 16.4. The molecule has 1 aliphatic rings. The number of hydrogen-bond acceptors (Lipinski definition) is 2. The van der Waals surface area contributed by atoms with Gasteiger partial charge in [0.2, 0.25) is 5.91 Å². The van der Waals surface area contributed by atoms with Crippen molar-refractivity contribution in [2.45, 2.75) is 26.2 Å². The molecule has 0 spiro atoms. The van der Waals surface area contributed by atoms with E-state index in [1.165, 1.54) is 0 Å². The summed E-state index contributed by atoms with van der Waals surface area (Å²) in [5.41, 5.74) is 1.46. The standard InChI is InChI=1S/C13H15NO3/c1-9-5-4-6-10(12(9)13(16)17)14-8-3-2-7-11(14)15/h4-6H,2-3,7-8H2,1H3,(H,16,17). The van der Waals surface area contributed by atoms with Crippen molar-refractivity contribution >= 4 is 17.6 Å². The lowest BCUT2D eigenvalue weighted by Gasteiger charge is -2.28. The molecule has 0 aromatic heterocycles. The monoisotopic (exact) mass is 233 g/mol. The third-order valence-electron chi connectivity index (χ3n) is 3.08. The number of rotatable bonds is 2. The van der Waals surface area contributed by atoms with Crippen LogP contribution >= 0.6 is 0 Å². The Morgan fingerprint density at radius 3 is 2.76 bits per heavy atom. The molecule has 0 saturated carbocycles. The summed E-state index contributed by atoms with van der Waals surface area (Å²) in [7, 11) is 0. The van der Waals surface area contributed by atoms with Gasteiger partial charge in [0.05, 0.1) is 11.3 Å². The van der Waals surface area contributed by atoms with Gasteiger partial charge < -0.3 is 10.0 Å². The minimum absolute atomic E-state index is 0.0179. The van der Waals surface area contributed by atoms with Gasteiger partial charge in [-0.1, -0.05) is 12.1 Å². The normalized spacial score (nSPS) is 16.1. The molecular formula is C13H15NO3. The number of nitrogens with zero attached hydrogens (tertiary/aromatic N) is 1. The zero-order chi connectivity index (χ0) is 12.4. The van der Waals surface area contributed by atoms with Crippen molar-refractivity contribution in [1.29, 1.82) is 0 Å². The molecule has 2 rings (SSSR count). The number of amides is 1. The molecule has 90 valence electrons. The van der Waals surface area contributed by atoms with Gasteiger partial charge >= 0.3 is 5.97 Å². The molecule has 1 aliphatic heterocycles. The van der Waals surface area contributed by atoms with Crippen molar-refractivity contribution in [2.75, 3.05) is 11.4 Å².